The summed E-state index contributed by atoms with van der Waals surface area (Å²) in [5.74, 6) is 2.15. The number of aromatic nitrogens is 3. The molecule has 2 aliphatic heterocycles. The second-order valence-electron chi connectivity index (χ2n) is 7.94. The molecule has 0 bridgehead atoms. The average Bonchev–Trinajstić information content (AvgIpc) is 3.31. The molecule has 1 N–H and O–H groups in total. The van der Waals surface area contributed by atoms with E-state index < -0.39 is 6.10 Å². The first kappa shape index (κ1) is 21.5. The first-order chi connectivity index (χ1) is 16.5. The third-order valence-electron chi connectivity index (χ3n) is 6.06. The van der Waals surface area contributed by atoms with Crippen LogP contribution >= 0.6 is 39.1 Å². The molecule has 0 fully saturated rings. The quantitative estimate of drug-likeness (QED) is 0.297. The summed E-state index contributed by atoms with van der Waals surface area (Å²) in [6.07, 6.45) is 1.11. The summed E-state index contributed by atoms with van der Waals surface area (Å²) in [6.45, 7) is 0. The van der Waals surface area contributed by atoms with E-state index in [1.54, 1.807) is 13.2 Å². The van der Waals surface area contributed by atoms with Crippen molar-refractivity contribution in [2.75, 3.05) is 12.4 Å². The Morgan fingerprint density at radius 3 is 2.74 bits per heavy atom. The third kappa shape index (κ3) is 3.38. The van der Waals surface area contributed by atoms with Crippen LogP contribution in [0.5, 0.6) is 11.5 Å². The van der Waals surface area contributed by atoms with E-state index in [0.29, 0.717) is 16.0 Å². The number of benzene rings is 3. The molecule has 6 nitrogen and oxygen atoms in total. The van der Waals surface area contributed by atoms with Gasteiger partial charge in [0.15, 0.2) is 0 Å². The van der Waals surface area contributed by atoms with Gasteiger partial charge in [0.05, 0.1) is 17.3 Å². The van der Waals surface area contributed by atoms with Crippen LogP contribution in [0.2, 0.25) is 10.0 Å². The molecular formula is C25H17BrCl2N4O2. The number of methoxy groups -OCH3 is 1. The van der Waals surface area contributed by atoms with E-state index in [4.69, 9.17) is 32.7 Å². The lowest BCUT2D eigenvalue weighted by Gasteiger charge is -2.39. The maximum Gasteiger partial charge on any atom is 0.226 e. The van der Waals surface area contributed by atoms with Crippen molar-refractivity contribution in [2.45, 2.75) is 12.1 Å². The molecule has 3 aromatic carbocycles. The monoisotopic (exact) mass is 554 g/mol. The van der Waals surface area contributed by atoms with Gasteiger partial charge in [-0.05, 0) is 63.5 Å². The fourth-order valence-corrected chi connectivity index (χ4v) is 5.63. The van der Waals surface area contributed by atoms with Crippen LogP contribution in [0.4, 0.5) is 5.95 Å². The minimum absolute atomic E-state index is 0.363. The predicted molar refractivity (Wildman–Crippen MR) is 136 cm³/mol. The molecule has 0 spiro atoms. The van der Waals surface area contributed by atoms with Gasteiger partial charge in [-0.25, -0.2) is 4.68 Å². The summed E-state index contributed by atoms with van der Waals surface area (Å²) >= 11 is 16.6. The number of rotatable bonds is 3. The molecular weight excluding hydrogens is 539 g/mol. The smallest absolute Gasteiger partial charge is 0.226 e. The van der Waals surface area contributed by atoms with Crippen LogP contribution in [0.25, 0.3) is 5.70 Å². The Hall–Kier alpha value is -3.00. The van der Waals surface area contributed by atoms with E-state index in [1.165, 1.54) is 6.33 Å². The number of hydrogen-bond donors (Lipinski definition) is 1. The van der Waals surface area contributed by atoms with E-state index in [2.05, 4.69) is 31.3 Å². The number of hydrogen-bond acceptors (Lipinski definition) is 5. The molecule has 4 aromatic rings. The van der Waals surface area contributed by atoms with Crippen molar-refractivity contribution in [3.05, 3.63) is 104 Å². The molecule has 0 aliphatic carbocycles. The SMILES string of the molecule is COc1ccc([C@@H]2Oc3ccccc3C3=C2[C@H](c2ccc(Cl)cc2Cl)n2ncnc2N3)cc1Br. The average molecular weight is 556 g/mol. The van der Waals surface area contributed by atoms with Gasteiger partial charge in [-0.3, -0.25) is 0 Å². The molecule has 9 heteroatoms. The highest BCUT2D eigenvalue weighted by Crippen LogP contribution is 2.52. The Morgan fingerprint density at radius 2 is 1.94 bits per heavy atom. The summed E-state index contributed by atoms with van der Waals surface area (Å²) in [6, 6.07) is 19.0. The number of nitrogens with zero attached hydrogens (tertiary/aromatic N) is 3. The first-order valence-electron chi connectivity index (χ1n) is 10.5. The number of halogens is 3. The molecule has 2 atom stereocenters. The summed E-state index contributed by atoms with van der Waals surface area (Å²) in [7, 11) is 1.64. The normalized spacial score (nSPS) is 18.4. The first-order valence-corrected chi connectivity index (χ1v) is 12.0. The highest BCUT2D eigenvalue weighted by Gasteiger charge is 2.41. The van der Waals surface area contributed by atoms with Crippen LogP contribution in [-0.4, -0.2) is 21.9 Å². The lowest BCUT2D eigenvalue weighted by molar-refractivity contribution is 0.223. The Bertz CT molecular complexity index is 1470. The minimum atomic E-state index is -0.422. The topological polar surface area (TPSA) is 61.2 Å². The second-order valence-corrected chi connectivity index (χ2v) is 9.64. The molecule has 6 rings (SSSR count). The molecule has 2 aliphatic rings. The van der Waals surface area contributed by atoms with Crippen LogP contribution in [0.1, 0.15) is 28.8 Å². The molecule has 0 saturated carbocycles. The fourth-order valence-electron chi connectivity index (χ4n) is 4.56. The Labute approximate surface area is 214 Å². The zero-order chi connectivity index (χ0) is 23.4. The lowest BCUT2D eigenvalue weighted by atomic mass is 9.84. The fraction of sp³-hybridized carbons (Fsp3) is 0.120. The highest BCUT2D eigenvalue weighted by molar-refractivity contribution is 9.10. The van der Waals surface area contributed by atoms with Crippen molar-refractivity contribution < 1.29 is 9.47 Å². The van der Waals surface area contributed by atoms with Crippen LogP contribution in [-0.2, 0) is 0 Å². The zero-order valence-electron chi connectivity index (χ0n) is 17.8. The Morgan fingerprint density at radius 1 is 1.09 bits per heavy atom. The molecule has 1 aromatic heterocycles. The highest BCUT2D eigenvalue weighted by atomic mass is 79.9. The Balaban J connectivity index is 1.63. The number of nitrogens with one attached hydrogen (secondary N) is 1. The molecule has 0 radical (unpaired) electrons. The molecule has 0 amide bonds. The van der Waals surface area contributed by atoms with E-state index in [9.17, 15) is 0 Å². The second kappa shape index (κ2) is 8.34. The van der Waals surface area contributed by atoms with Gasteiger partial charge in [-0.15, -0.1) is 0 Å². The molecule has 170 valence electrons. The largest absolute Gasteiger partial charge is 0.496 e. The van der Waals surface area contributed by atoms with Crippen molar-refractivity contribution in [3.8, 4) is 11.5 Å². The number of anilines is 1. The predicted octanol–water partition coefficient (Wildman–Crippen LogP) is 6.92. The van der Waals surface area contributed by atoms with Crippen molar-refractivity contribution >= 4 is 50.8 Å². The van der Waals surface area contributed by atoms with Crippen molar-refractivity contribution in [1.82, 2.24) is 14.8 Å². The third-order valence-corrected chi connectivity index (χ3v) is 7.24. The van der Waals surface area contributed by atoms with Gasteiger partial charge in [-0.1, -0.05) is 47.5 Å². The zero-order valence-corrected chi connectivity index (χ0v) is 20.9. The van der Waals surface area contributed by atoms with Gasteiger partial charge >= 0.3 is 0 Å². The van der Waals surface area contributed by atoms with Crippen LogP contribution in [0.3, 0.4) is 0 Å². The summed E-state index contributed by atoms with van der Waals surface area (Å²) in [5.41, 5.74) is 4.65. The van der Waals surface area contributed by atoms with E-state index in [1.807, 2.05) is 59.3 Å². The molecule has 34 heavy (non-hydrogen) atoms. The van der Waals surface area contributed by atoms with E-state index in [0.717, 1.165) is 43.9 Å². The van der Waals surface area contributed by atoms with Crippen molar-refractivity contribution in [2.24, 2.45) is 0 Å². The maximum atomic E-state index is 6.73. The van der Waals surface area contributed by atoms with E-state index in [-0.39, 0.29) is 6.04 Å². The van der Waals surface area contributed by atoms with E-state index >= 15 is 0 Å². The van der Waals surface area contributed by atoms with Gasteiger partial charge in [0.1, 0.15) is 30.0 Å². The summed E-state index contributed by atoms with van der Waals surface area (Å²) in [4.78, 5) is 4.45. The lowest BCUT2D eigenvalue weighted by Crippen LogP contribution is -2.32. The molecule has 0 unspecified atom stereocenters. The molecule has 0 saturated heterocycles. The number of fused-ring (bicyclic) bond motifs is 3. The van der Waals surface area contributed by atoms with Crippen molar-refractivity contribution in [3.63, 3.8) is 0 Å². The van der Waals surface area contributed by atoms with Crippen LogP contribution in [0, 0.1) is 0 Å². The summed E-state index contributed by atoms with van der Waals surface area (Å²) in [5, 5.41) is 9.13. The van der Waals surface area contributed by atoms with Gasteiger partial charge in [0.25, 0.3) is 0 Å². The number of ether oxygens (including phenoxy) is 2. The molecule has 3 heterocycles. The van der Waals surface area contributed by atoms with Gasteiger partial charge in [0, 0.05) is 21.2 Å². The minimum Gasteiger partial charge on any atom is -0.496 e. The van der Waals surface area contributed by atoms with Gasteiger partial charge < -0.3 is 14.8 Å². The van der Waals surface area contributed by atoms with Crippen LogP contribution < -0.4 is 14.8 Å². The Kier molecular flexibility index (Phi) is 5.28. The van der Waals surface area contributed by atoms with Crippen molar-refractivity contribution in [1.29, 1.82) is 0 Å². The standard InChI is InChI=1S/C25H17BrCl2N4O2/c1-33-20-9-6-13(10-17(20)26)24-21-22(16-4-2-3-5-19(16)34-24)31-25-29-12-30-32(25)23(21)15-8-7-14(27)11-18(15)28/h2-12,23-24H,1H3,(H,29,30,31)/t23-,24-/m0/s1. The van der Waals surface area contributed by atoms with Gasteiger partial charge in [-0.2, -0.15) is 10.1 Å². The summed E-state index contributed by atoms with van der Waals surface area (Å²) < 4.78 is 14.7. The van der Waals surface area contributed by atoms with Crippen LogP contribution in [0.15, 0.2) is 77.0 Å². The maximum absolute atomic E-state index is 6.73. The van der Waals surface area contributed by atoms with Gasteiger partial charge in [0.2, 0.25) is 5.95 Å². The number of para-hydroxylation sites is 1.